The molecule has 1 aliphatic rings. The number of nitrogens with zero attached hydrogens (tertiary/aromatic N) is 4. The van der Waals surface area contributed by atoms with Crippen molar-refractivity contribution in [2.45, 2.75) is 44.2 Å². The number of hydrogen-bond acceptors (Lipinski definition) is 6. The standard InChI is InChI=1S/C20H22N4O2S/c1-4-25-18-10-15-9-14(3)26-19(15)11-16(18)12-27-20-21-22-23-24(20)17-7-5-6-13(2)8-17/h5-8,10-11,14H,4,9,12H2,1-3H3/t14-/m1/s1. The molecule has 1 atom stereocenters. The normalized spacial score (nSPS) is 15.4. The number of fused-ring (bicyclic) bond motifs is 1. The van der Waals surface area contributed by atoms with Gasteiger partial charge in [0.15, 0.2) is 0 Å². The van der Waals surface area contributed by atoms with Crippen molar-refractivity contribution in [2.24, 2.45) is 0 Å². The van der Waals surface area contributed by atoms with E-state index in [0.29, 0.717) is 12.4 Å². The Morgan fingerprint density at radius 1 is 1.30 bits per heavy atom. The van der Waals surface area contributed by atoms with Crippen LogP contribution < -0.4 is 9.47 Å². The summed E-state index contributed by atoms with van der Waals surface area (Å²) in [5, 5.41) is 12.9. The van der Waals surface area contributed by atoms with Crippen LogP contribution in [0.2, 0.25) is 0 Å². The van der Waals surface area contributed by atoms with Gasteiger partial charge in [0.2, 0.25) is 5.16 Å². The smallest absolute Gasteiger partial charge is 0.214 e. The fourth-order valence-corrected chi connectivity index (χ4v) is 4.09. The molecule has 2 heterocycles. The van der Waals surface area contributed by atoms with E-state index in [-0.39, 0.29) is 6.10 Å². The Hall–Kier alpha value is -2.54. The van der Waals surface area contributed by atoms with Crippen molar-refractivity contribution in [3.63, 3.8) is 0 Å². The quantitative estimate of drug-likeness (QED) is 0.601. The molecule has 0 fully saturated rings. The SMILES string of the molecule is CCOc1cc2c(cc1CSc1nnnn1-c1cccc(C)c1)O[C@H](C)C2. The van der Waals surface area contributed by atoms with Gasteiger partial charge in [-0.3, -0.25) is 0 Å². The summed E-state index contributed by atoms with van der Waals surface area (Å²) >= 11 is 1.59. The van der Waals surface area contributed by atoms with E-state index in [1.54, 1.807) is 16.4 Å². The summed E-state index contributed by atoms with van der Waals surface area (Å²) in [5.41, 5.74) is 4.43. The highest BCUT2D eigenvalue weighted by molar-refractivity contribution is 7.98. The molecule has 0 saturated carbocycles. The lowest BCUT2D eigenvalue weighted by atomic mass is 10.1. The van der Waals surface area contributed by atoms with Crippen LogP contribution in [-0.2, 0) is 12.2 Å². The average molecular weight is 382 g/mol. The van der Waals surface area contributed by atoms with Gasteiger partial charge < -0.3 is 9.47 Å². The second kappa shape index (κ2) is 7.60. The number of tetrazole rings is 1. The summed E-state index contributed by atoms with van der Waals surface area (Å²) in [5.74, 6) is 2.57. The van der Waals surface area contributed by atoms with Crippen molar-refractivity contribution in [3.05, 3.63) is 53.1 Å². The van der Waals surface area contributed by atoms with Crippen molar-refractivity contribution < 1.29 is 9.47 Å². The highest BCUT2D eigenvalue weighted by Gasteiger charge is 2.22. The molecule has 0 aliphatic carbocycles. The van der Waals surface area contributed by atoms with Crippen molar-refractivity contribution in [2.75, 3.05) is 6.61 Å². The molecule has 140 valence electrons. The van der Waals surface area contributed by atoms with Crippen LogP contribution in [-0.4, -0.2) is 32.9 Å². The molecular formula is C20H22N4O2S. The van der Waals surface area contributed by atoms with Crippen molar-refractivity contribution in [1.29, 1.82) is 0 Å². The van der Waals surface area contributed by atoms with Gasteiger partial charge in [-0.1, -0.05) is 23.9 Å². The number of aryl methyl sites for hydroxylation is 1. The average Bonchev–Trinajstić information content (AvgIpc) is 3.25. The van der Waals surface area contributed by atoms with Crippen molar-refractivity contribution >= 4 is 11.8 Å². The molecule has 0 bridgehead atoms. The first-order valence-corrected chi connectivity index (χ1v) is 10.1. The van der Waals surface area contributed by atoms with Gasteiger partial charge in [-0.2, -0.15) is 4.68 Å². The van der Waals surface area contributed by atoms with E-state index in [2.05, 4.69) is 53.6 Å². The molecule has 6 nitrogen and oxygen atoms in total. The van der Waals surface area contributed by atoms with Crippen LogP contribution in [0.3, 0.4) is 0 Å². The van der Waals surface area contributed by atoms with Crippen LogP contribution in [0.5, 0.6) is 11.5 Å². The molecule has 2 aromatic carbocycles. The molecule has 4 rings (SSSR count). The lowest BCUT2D eigenvalue weighted by molar-refractivity contribution is 0.254. The van der Waals surface area contributed by atoms with E-state index in [0.717, 1.165) is 34.3 Å². The summed E-state index contributed by atoms with van der Waals surface area (Å²) < 4.78 is 13.6. The first kappa shape index (κ1) is 17.9. The zero-order chi connectivity index (χ0) is 18.8. The third kappa shape index (κ3) is 3.78. The minimum absolute atomic E-state index is 0.214. The lowest BCUT2D eigenvalue weighted by Crippen LogP contribution is -2.05. The molecule has 0 amide bonds. The van der Waals surface area contributed by atoms with Crippen LogP contribution in [0.15, 0.2) is 41.6 Å². The first-order valence-electron chi connectivity index (χ1n) is 9.07. The van der Waals surface area contributed by atoms with E-state index in [1.165, 1.54) is 11.1 Å². The number of thioether (sulfide) groups is 1. The van der Waals surface area contributed by atoms with Gasteiger partial charge in [-0.15, -0.1) is 5.10 Å². The summed E-state index contributed by atoms with van der Waals surface area (Å²) in [6.45, 7) is 6.78. The minimum Gasteiger partial charge on any atom is -0.494 e. The van der Waals surface area contributed by atoms with Gasteiger partial charge in [0, 0.05) is 23.3 Å². The molecule has 0 radical (unpaired) electrons. The molecule has 0 spiro atoms. The van der Waals surface area contributed by atoms with Crippen LogP contribution >= 0.6 is 11.8 Å². The van der Waals surface area contributed by atoms with E-state index >= 15 is 0 Å². The van der Waals surface area contributed by atoms with Crippen LogP contribution in [0.1, 0.15) is 30.5 Å². The summed E-state index contributed by atoms with van der Waals surface area (Å²) in [7, 11) is 0. The topological polar surface area (TPSA) is 62.1 Å². The third-order valence-electron chi connectivity index (χ3n) is 4.42. The number of ether oxygens (including phenoxy) is 2. The van der Waals surface area contributed by atoms with Gasteiger partial charge in [0.1, 0.15) is 17.6 Å². The molecule has 7 heteroatoms. The van der Waals surface area contributed by atoms with Gasteiger partial charge in [-0.05, 0) is 61.0 Å². The molecular weight excluding hydrogens is 360 g/mol. The Labute approximate surface area is 162 Å². The molecule has 0 saturated heterocycles. The second-order valence-corrected chi connectivity index (χ2v) is 7.58. The van der Waals surface area contributed by atoms with Crippen LogP contribution in [0, 0.1) is 6.92 Å². The fourth-order valence-electron chi connectivity index (χ4n) is 3.22. The zero-order valence-corrected chi connectivity index (χ0v) is 16.5. The largest absolute Gasteiger partial charge is 0.494 e. The van der Waals surface area contributed by atoms with Gasteiger partial charge in [0.25, 0.3) is 0 Å². The highest BCUT2D eigenvalue weighted by atomic mass is 32.2. The second-order valence-electron chi connectivity index (χ2n) is 6.63. The summed E-state index contributed by atoms with van der Waals surface area (Å²) in [6, 6.07) is 12.3. The predicted molar refractivity (Wildman–Crippen MR) is 105 cm³/mol. The summed E-state index contributed by atoms with van der Waals surface area (Å²) in [6.07, 6.45) is 1.14. The van der Waals surface area contributed by atoms with E-state index in [4.69, 9.17) is 9.47 Å². The minimum atomic E-state index is 0.214. The molecule has 0 N–H and O–H groups in total. The molecule has 0 unspecified atom stereocenters. The van der Waals surface area contributed by atoms with Gasteiger partial charge in [-0.25, -0.2) is 0 Å². The Morgan fingerprint density at radius 3 is 3.00 bits per heavy atom. The molecule has 27 heavy (non-hydrogen) atoms. The summed E-state index contributed by atoms with van der Waals surface area (Å²) in [4.78, 5) is 0. The molecule has 1 aliphatic heterocycles. The number of benzene rings is 2. The monoisotopic (exact) mass is 382 g/mol. The third-order valence-corrected chi connectivity index (χ3v) is 5.39. The van der Waals surface area contributed by atoms with Crippen molar-refractivity contribution in [3.8, 4) is 17.2 Å². The Bertz CT molecular complexity index is 957. The maximum Gasteiger partial charge on any atom is 0.214 e. The van der Waals surface area contributed by atoms with E-state index in [9.17, 15) is 0 Å². The zero-order valence-electron chi connectivity index (χ0n) is 15.7. The van der Waals surface area contributed by atoms with E-state index in [1.807, 2.05) is 19.1 Å². The Morgan fingerprint density at radius 2 is 2.19 bits per heavy atom. The fraction of sp³-hybridized carbons (Fsp3) is 0.350. The maximum absolute atomic E-state index is 5.91. The van der Waals surface area contributed by atoms with Crippen LogP contribution in [0.4, 0.5) is 0 Å². The van der Waals surface area contributed by atoms with Gasteiger partial charge >= 0.3 is 0 Å². The van der Waals surface area contributed by atoms with Crippen molar-refractivity contribution in [1.82, 2.24) is 20.2 Å². The molecule has 3 aromatic rings. The molecule has 1 aromatic heterocycles. The van der Waals surface area contributed by atoms with E-state index < -0.39 is 0 Å². The first-order chi connectivity index (χ1) is 13.1. The highest BCUT2D eigenvalue weighted by Crippen LogP contribution is 2.37. The van der Waals surface area contributed by atoms with Crippen LogP contribution in [0.25, 0.3) is 5.69 Å². The maximum atomic E-state index is 5.91. The lowest BCUT2D eigenvalue weighted by Gasteiger charge is -2.12. The number of aromatic nitrogens is 4. The predicted octanol–water partition coefficient (Wildman–Crippen LogP) is 3.99. The Balaban J connectivity index is 1.58. The Kier molecular flexibility index (Phi) is 5.03. The number of rotatable bonds is 6. The number of hydrogen-bond donors (Lipinski definition) is 0. The van der Waals surface area contributed by atoms with Gasteiger partial charge in [0.05, 0.1) is 12.3 Å².